The molecule has 24 rings (SSSR count). The third-order valence-corrected chi connectivity index (χ3v) is 32.6. The fourth-order valence-corrected chi connectivity index (χ4v) is 29.7. The number of anilines is 18. The summed E-state index contributed by atoms with van der Waals surface area (Å²) in [5.74, 6) is 0. The molecule has 0 N–H and O–H groups in total. The standard InChI is InChI=1S/C94H58N8P2S2/c105-103-89-73-51-29-53-75(89)101(65-43-21-7-22-44-65)87-83-67-47-25-27-49-71(67)95(59-31-9-1-10-32-59)77(83)57-81(93(87)103)97(61-35-13-3-14-36-61)79-55-69-70(85(91(79)103)99(73)63-39-17-5-18-40-63)56-80-92-86(69)100(64-41-19-6-20-42-64)74-52-30-54-76-90(74)104(92,106)94-82(98(80)62-37-15-4-16-38-62)58-78-84(88(94)102(76)66-45-23-8-24-46-66)68-48-26-28-50-72(68)96(78)60-33-11-2-12-34-60/h1-58H. The van der Waals surface area contributed by atoms with Gasteiger partial charge in [-0.3, -0.25) is 0 Å². The lowest BCUT2D eigenvalue weighted by molar-refractivity contribution is 1.17. The number of hydrogen-bond donors (Lipinski definition) is 0. The predicted octanol–water partition coefficient (Wildman–Crippen LogP) is 23.2. The summed E-state index contributed by atoms with van der Waals surface area (Å²) in [5, 5.41) is 13.8. The van der Waals surface area contributed by atoms with Crippen molar-refractivity contribution in [1.29, 1.82) is 0 Å². The maximum absolute atomic E-state index is 8.36. The molecular formula is C94H58N8P2S2. The Morgan fingerprint density at radius 2 is 0.425 bits per heavy atom. The second-order valence-electron chi connectivity index (χ2n) is 28.2. The van der Waals surface area contributed by atoms with Gasteiger partial charge in [-0.15, -0.1) is 0 Å². The van der Waals surface area contributed by atoms with Crippen molar-refractivity contribution in [3.63, 3.8) is 0 Å². The van der Waals surface area contributed by atoms with Gasteiger partial charge in [-0.1, -0.05) is 218 Å². The molecule has 0 spiro atoms. The van der Waals surface area contributed by atoms with Crippen LogP contribution in [0.15, 0.2) is 352 Å². The third kappa shape index (κ3) is 7.43. The molecule has 0 saturated heterocycles. The SMILES string of the molecule is S=P12c3c4cccc3N(c3ccccc3)c3c1c(cc1c3c3ccccc3n1-c1ccccc1)N(c1ccccc1)c1cc3c5c6c(cc3c(c12)N4c1ccccc1)N(c1ccccc1)c1cc2c(c3c1P6(=S)c1c(cccc1N3c1ccccc1)N5c1ccccc1)c1ccccc1n2-c1ccccc1. The molecule has 8 heterocycles. The second kappa shape index (κ2) is 21.6. The summed E-state index contributed by atoms with van der Waals surface area (Å²) in [7, 11) is 0. The molecule has 0 aliphatic carbocycles. The minimum Gasteiger partial charge on any atom is -0.309 e. The van der Waals surface area contributed by atoms with Gasteiger partial charge in [-0.2, -0.15) is 0 Å². The van der Waals surface area contributed by atoms with Crippen molar-refractivity contribution in [2.24, 2.45) is 0 Å². The molecule has 0 bridgehead atoms. The first-order valence-electron chi connectivity index (χ1n) is 36.1. The van der Waals surface area contributed by atoms with E-state index >= 15 is 0 Å². The van der Waals surface area contributed by atoms with Crippen molar-refractivity contribution in [2.45, 2.75) is 0 Å². The Hall–Kier alpha value is -12.5. The average molecular weight is 1430 g/mol. The first-order chi connectivity index (χ1) is 52.5. The Labute approximate surface area is 621 Å². The molecule has 106 heavy (non-hydrogen) atoms. The summed E-state index contributed by atoms with van der Waals surface area (Å²) in [6, 6.07) is 124. The Morgan fingerprint density at radius 1 is 0.179 bits per heavy atom. The predicted molar refractivity (Wildman–Crippen MR) is 454 cm³/mol. The van der Waals surface area contributed by atoms with E-state index in [1.165, 1.54) is 21.2 Å². The summed E-state index contributed by atoms with van der Waals surface area (Å²) in [6.07, 6.45) is 0. The third-order valence-electron chi connectivity index (χ3n) is 22.9. The highest BCUT2D eigenvalue weighted by atomic mass is 32.4. The highest BCUT2D eigenvalue weighted by Crippen LogP contribution is 2.73. The van der Waals surface area contributed by atoms with E-state index in [-0.39, 0.29) is 0 Å². The minimum atomic E-state index is -3.29. The molecule has 0 amide bonds. The van der Waals surface area contributed by atoms with E-state index in [1.54, 1.807) is 0 Å². The molecule has 6 aliphatic rings. The van der Waals surface area contributed by atoms with Crippen LogP contribution in [0.4, 0.5) is 102 Å². The molecule has 496 valence electrons. The number of para-hydroxylation sites is 10. The molecule has 0 fully saturated rings. The minimum absolute atomic E-state index is 1.03. The first-order valence-corrected chi connectivity index (χ1v) is 41.7. The Bertz CT molecular complexity index is 6560. The van der Waals surface area contributed by atoms with E-state index in [1.807, 2.05) is 0 Å². The molecule has 8 nitrogen and oxygen atoms in total. The van der Waals surface area contributed by atoms with Crippen LogP contribution in [0.2, 0.25) is 0 Å². The zero-order valence-electron chi connectivity index (χ0n) is 56.8. The molecule has 12 heteroatoms. The normalized spacial score (nSPS) is 16.5. The van der Waals surface area contributed by atoms with Gasteiger partial charge in [-0.25, -0.2) is 0 Å². The Morgan fingerprint density at radius 3 is 0.736 bits per heavy atom. The van der Waals surface area contributed by atoms with Gasteiger partial charge in [-0.05, 0) is 158 Å². The lowest BCUT2D eigenvalue weighted by Crippen LogP contribution is -2.49. The molecule has 0 radical (unpaired) electrons. The average Bonchev–Trinajstić information content (AvgIpc) is 0.907. The van der Waals surface area contributed by atoms with E-state index in [9.17, 15) is 0 Å². The summed E-state index contributed by atoms with van der Waals surface area (Å²) >= 11 is 16.7. The molecule has 2 unspecified atom stereocenters. The number of hydrogen-bond acceptors (Lipinski definition) is 8. The fraction of sp³-hybridized carbons (Fsp3) is 0. The van der Waals surface area contributed by atoms with Gasteiger partial charge < -0.3 is 38.5 Å². The van der Waals surface area contributed by atoms with Crippen molar-refractivity contribution in [2.75, 3.05) is 29.4 Å². The van der Waals surface area contributed by atoms with Crippen LogP contribution in [0.3, 0.4) is 0 Å². The largest absolute Gasteiger partial charge is 0.309 e. The van der Waals surface area contributed by atoms with Crippen LogP contribution in [0.5, 0.6) is 0 Å². The Kier molecular flexibility index (Phi) is 12.0. The van der Waals surface area contributed by atoms with E-state index in [4.69, 9.17) is 23.6 Å². The number of aromatic nitrogens is 2. The van der Waals surface area contributed by atoms with Gasteiger partial charge in [0, 0.05) is 110 Å². The zero-order chi connectivity index (χ0) is 69.4. The maximum Gasteiger partial charge on any atom is 0.0674 e. The van der Waals surface area contributed by atoms with Crippen molar-refractivity contribution < 1.29 is 0 Å². The van der Waals surface area contributed by atoms with Gasteiger partial charge in [0.15, 0.2) is 0 Å². The maximum atomic E-state index is 8.36. The molecule has 2 atom stereocenters. The van der Waals surface area contributed by atoms with Crippen molar-refractivity contribution in [1.82, 2.24) is 9.13 Å². The van der Waals surface area contributed by atoms with E-state index in [0.29, 0.717) is 0 Å². The van der Waals surface area contributed by atoms with Gasteiger partial charge in [0.2, 0.25) is 0 Å². The van der Waals surface area contributed by atoms with Crippen LogP contribution < -0.4 is 61.2 Å². The van der Waals surface area contributed by atoms with E-state index in [2.05, 4.69) is 390 Å². The smallest absolute Gasteiger partial charge is 0.0674 e. The zero-order valence-corrected chi connectivity index (χ0v) is 60.2. The van der Waals surface area contributed by atoms with E-state index in [0.717, 1.165) is 179 Å². The molecule has 6 aliphatic heterocycles. The van der Waals surface area contributed by atoms with Crippen LogP contribution in [0.1, 0.15) is 0 Å². The van der Waals surface area contributed by atoms with Gasteiger partial charge in [0.05, 0.1) is 102 Å². The monoisotopic (exact) mass is 1420 g/mol. The number of fused-ring (bicyclic) bond motifs is 11. The summed E-state index contributed by atoms with van der Waals surface area (Å²) in [5.41, 5.74) is 25.8. The van der Waals surface area contributed by atoms with Crippen LogP contribution in [-0.4, -0.2) is 9.13 Å². The van der Waals surface area contributed by atoms with Gasteiger partial charge in [0.1, 0.15) is 0 Å². The van der Waals surface area contributed by atoms with Crippen LogP contribution in [-0.2, 0) is 23.6 Å². The number of rotatable bonds is 8. The van der Waals surface area contributed by atoms with Crippen LogP contribution in [0, 0.1) is 0 Å². The lowest BCUT2D eigenvalue weighted by Gasteiger charge is -2.53. The fourth-order valence-electron chi connectivity index (χ4n) is 19.1. The lowest BCUT2D eigenvalue weighted by atomic mass is 9.96. The van der Waals surface area contributed by atoms with E-state index < -0.39 is 12.1 Å². The quantitative estimate of drug-likeness (QED) is 0.139. The Balaban J connectivity index is 0.936. The molecule has 16 aromatic carbocycles. The number of benzene rings is 16. The van der Waals surface area contributed by atoms with Crippen LogP contribution >= 0.6 is 12.1 Å². The van der Waals surface area contributed by atoms with Crippen molar-refractivity contribution in [3.8, 4) is 11.4 Å². The first kappa shape index (κ1) is 58.9. The number of nitrogens with zero attached hydrogens (tertiary/aromatic N) is 8. The summed E-state index contributed by atoms with van der Waals surface area (Å²) < 4.78 is 4.97. The molecular weight excluding hydrogens is 1370 g/mol. The second-order valence-corrected chi connectivity index (χ2v) is 36.6. The highest BCUT2D eigenvalue weighted by molar-refractivity contribution is 8.27. The molecule has 2 aromatic heterocycles. The summed E-state index contributed by atoms with van der Waals surface area (Å²) in [6.45, 7) is 0. The topological polar surface area (TPSA) is 29.3 Å². The van der Waals surface area contributed by atoms with Gasteiger partial charge in [0.25, 0.3) is 0 Å². The highest BCUT2D eigenvalue weighted by Gasteiger charge is 2.57. The van der Waals surface area contributed by atoms with Crippen molar-refractivity contribution >= 4 is 224 Å². The molecule has 0 saturated carbocycles. The van der Waals surface area contributed by atoms with Gasteiger partial charge >= 0.3 is 0 Å². The van der Waals surface area contributed by atoms with Crippen molar-refractivity contribution in [3.05, 3.63) is 352 Å². The van der Waals surface area contributed by atoms with Crippen LogP contribution in [0.25, 0.3) is 65.8 Å². The molecule has 18 aromatic rings. The summed E-state index contributed by atoms with van der Waals surface area (Å²) in [4.78, 5) is 15.6.